The largest absolute Gasteiger partial charge is 0.388 e. The summed E-state index contributed by atoms with van der Waals surface area (Å²) in [7, 11) is 0. The lowest BCUT2D eigenvalue weighted by Crippen LogP contribution is -2.48. The van der Waals surface area contributed by atoms with Crippen LogP contribution in [0.2, 0.25) is 0 Å². The molecule has 0 unspecified atom stereocenters. The highest BCUT2D eigenvalue weighted by Gasteiger charge is 2.24. The molecule has 1 fully saturated rings. The predicted octanol–water partition coefficient (Wildman–Crippen LogP) is 0.665. The van der Waals surface area contributed by atoms with E-state index in [-0.39, 0.29) is 12.6 Å². The third-order valence-corrected chi connectivity index (χ3v) is 3.98. The topological polar surface area (TPSA) is 78.4 Å². The van der Waals surface area contributed by atoms with E-state index in [1.807, 2.05) is 6.26 Å². The molecule has 1 aliphatic rings. The van der Waals surface area contributed by atoms with Gasteiger partial charge in [-0.05, 0) is 38.2 Å². The smallest absolute Gasteiger partial charge is 0.309 e. The summed E-state index contributed by atoms with van der Waals surface area (Å²) in [5, 5.41) is 15.2. The van der Waals surface area contributed by atoms with Crippen molar-refractivity contribution in [1.29, 1.82) is 0 Å². The molecule has 1 saturated carbocycles. The van der Waals surface area contributed by atoms with Gasteiger partial charge in [0.2, 0.25) is 0 Å². The minimum absolute atomic E-state index is 0.102. The summed E-state index contributed by atoms with van der Waals surface area (Å²) < 4.78 is 0. The number of rotatable bonds is 6. The standard InChI is InChI=1S/C13H24N2O3S/c1-13(18,7-8-19-2)9-14-11(16)12(17)15-10-5-3-4-6-10/h10,18H,3-9H2,1-2H3,(H,14,16)(H,15,17)/t13-/m1/s1. The van der Waals surface area contributed by atoms with E-state index in [4.69, 9.17) is 0 Å². The maximum absolute atomic E-state index is 11.6. The quantitative estimate of drug-likeness (QED) is 0.628. The molecule has 6 heteroatoms. The Morgan fingerprint density at radius 3 is 2.53 bits per heavy atom. The molecule has 110 valence electrons. The molecule has 5 nitrogen and oxygen atoms in total. The van der Waals surface area contributed by atoms with Crippen molar-refractivity contribution >= 4 is 23.6 Å². The van der Waals surface area contributed by atoms with Gasteiger partial charge in [-0.3, -0.25) is 9.59 Å². The van der Waals surface area contributed by atoms with Crippen LogP contribution in [0.15, 0.2) is 0 Å². The van der Waals surface area contributed by atoms with Gasteiger partial charge in [0.1, 0.15) is 0 Å². The van der Waals surface area contributed by atoms with E-state index in [1.54, 1.807) is 18.7 Å². The van der Waals surface area contributed by atoms with Gasteiger partial charge in [-0.25, -0.2) is 0 Å². The molecule has 0 spiro atoms. The van der Waals surface area contributed by atoms with Crippen molar-refractivity contribution in [3.63, 3.8) is 0 Å². The Morgan fingerprint density at radius 2 is 1.95 bits per heavy atom. The lowest BCUT2D eigenvalue weighted by Gasteiger charge is -2.23. The number of hydrogen-bond donors (Lipinski definition) is 3. The fourth-order valence-corrected chi connectivity index (χ4v) is 2.73. The van der Waals surface area contributed by atoms with Gasteiger partial charge in [-0.15, -0.1) is 0 Å². The van der Waals surface area contributed by atoms with E-state index in [0.29, 0.717) is 6.42 Å². The fraction of sp³-hybridized carbons (Fsp3) is 0.846. The highest BCUT2D eigenvalue weighted by atomic mass is 32.2. The normalized spacial score (nSPS) is 18.9. The third kappa shape index (κ3) is 6.29. The second-order valence-electron chi connectivity index (χ2n) is 5.38. The number of carbonyl (C=O) groups excluding carboxylic acids is 2. The Morgan fingerprint density at radius 1 is 1.32 bits per heavy atom. The average molecular weight is 288 g/mol. The van der Waals surface area contributed by atoms with Crippen molar-refractivity contribution in [2.45, 2.75) is 50.7 Å². The van der Waals surface area contributed by atoms with Gasteiger partial charge >= 0.3 is 11.8 Å². The summed E-state index contributed by atoms with van der Waals surface area (Å²) in [6.45, 7) is 1.77. The molecule has 19 heavy (non-hydrogen) atoms. The van der Waals surface area contributed by atoms with Gasteiger partial charge in [0.05, 0.1) is 5.60 Å². The van der Waals surface area contributed by atoms with Gasteiger partial charge in [-0.1, -0.05) is 12.8 Å². The molecule has 2 amide bonds. The summed E-state index contributed by atoms with van der Waals surface area (Å²) in [5.41, 5.74) is -0.966. The maximum atomic E-state index is 11.6. The highest BCUT2D eigenvalue weighted by molar-refractivity contribution is 7.98. The summed E-state index contributed by atoms with van der Waals surface area (Å²) in [6, 6.07) is 0.134. The van der Waals surface area contributed by atoms with Crippen molar-refractivity contribution < 1.29 is 14.7 Å². The van der Waals surface area contributed by atoms with Crippen LogP contribution in [-0.4, -0.2) is 47.1 Å². The first kappa shape index (κ1) is 16.3. The maximum Gasteiger partial charge on any atom is 0.309 e. The van der Waals surface area contributed by atoms with Gasteiger partial charge in [0.15, 0.2) is 0 Å². The van der Waals surface area contributed by atoms with Crippen molar-refractivity contribution in [2.24, 2.45) is 0 Å². The Balaban J connectivity index is 2.27. The Kier molecular flexibility index (Phi) is 6.65. The van der Waals surface area contributed by atoms with Crippen LogP contribution in [0, 0.1) is 0 Å². The molecule has 0 radical (unpaired) electrons. The molecule has 0 bridgehead atoms. The van der Waals surface area contributed by atoms with Crippen LogP contribution in [0.5, 0.6) is 0 Å². The highest BCUT2D eigenvalue weighted by Crippen LogP contribution is 2.17. The molecule has 0 aromatic rings. The van der Waals surface area contributed by atoms with Crippen LogP contribution >= 0.6 is 11.8 Å². The van der Waals surface area contributed by atoms with Crippen LogP contribution < -0.4 is 10.6 Å². The van der Waals surface area contributed by atoms with Crippen LogP contribution in [0.3, 0.4) is 0 Å². The number of thioether (sulfide) groups is 1. The van der Waals surface area contributed by atoms with Gasteiger partial charge in [0.25, 0.3) is 0 Å². The van der Waals surface area contributed by atoms with E-state index in [2.05, 4.69) is 10.6 Å². The first-order valence-electron chi connectivity index (χ1n) is 6.74. The predicted molar refractivity (Wildman–Crippen MR) is 77.0 cm³/mol. The molecule has 0 aromatic heterocycles. The third-order valence-electron chi connectivity index (χ3n) is 3.37. The van der Waals surface area contributed by atoms with Crippen LogP contribution in [0.1, 0.15) is 39.0 Å². The minimum atomic E-state index is -0.966. The lowest BCUT2D eigenvalue weighted by atomic mass is 10.0. The molecule has 3 N–H and O–H groups in total. The van der Waals surface area contributed by atoms with Crippen molar-refractivity contribution in [1.82, 2.24) is 10.6 Å². The molecule has 1 rings (SSSR count). The van der Waals surface area contributed by atoms with Gasteiger partial charge < -0.3 is 15.7 Å². The first-order chi connectivity index (χ1) is 8.94. The van der Waals surface area contributed by atoms with E-state index in [9.17, 15) is 14.7 Å². The zero-order valence-corrected chi connectivity index (χ0v) is 12.5. The number of carbonyl (C=O) groups is 2. The van der Waals surface area contributed by atoms with Crippen LogP contribution in [-0.2, 0) is 9.59 Å². The second kappa shape index (κ2) is 7.75. The zero-order chi connectivity index (χ0) is 14.3. The van der Waals surface area contributed by atoms with Gasteiger partial charge in [0, 0.05) is 12.6 Å². The van der Waals surface area contributed by atoms with E-state index in [0.717, 1.165) is 31.4 Å². The molecular weight excluding hydrogens is 264 g/mol. The van der Waals surface area contributed by atoms with Crippen molar-refractivity contribution in [2.75, 3.05) is 18.6 Å². The Hall–Kier alpha value is -0.750. The summed E-state index contributed by atoms with van der Waals surface area (Å²) in [4.78, 5) is 23.2. The van der Waals surface area contributed by atoms with Crippen LogP contribution in [0.4, 0.5) is 0 Å². The monoisotopic (exact) mass is 288 g/mol. The number of amides is 2. The molecule has 1 aliphatic carbocycles. The Labute approximate surface area is 118 Å². The van der Waals surface area contributed by atoms with Crippen LogP contribution in [0.25, 0.3) is 0 Å². The van der Waals surface area contributed by atoms with Crippen molar-refractivity contribution in [3.05, 3.63) is 0 Å². The fourth-order valence-electron chi connectivity index (χ4n) is 2.08. The molecular formula is C13H24N2O3S. The minimum Gasteiger partial charge on any atom is -0.388 e. The van der Waals surface area contributed by atoms with E-state index < -0.39 is 17.4 Å². The number of hydrogen-bond acceptors (Lipinski definition) is 4. The molecule has 0 heterocycles. The molecule has 1 atom stereocenters. The summed E-state index contributed by atoms with van der Waals surface area (Å²) >= 11 is 1.64. The summed E-state index contributed by atoms with van der Waals surface area (Å²) in [6.07, 6.45) is 6.66. The zero-order valence-electron chi connectivity index (χ0n) is 11.7. The lowest BCUT2D eigenvalue weighted by molar-refractivity contribution is -0.140. The number of nitrogens with one attached hydrogen (secondary N) is 2. The summed E-state index contributed by atoms with van der Waals surface area (Å²) in [5.74, 6) is -0.430. The van der Waals surface area contributed by atoms with E-state index >= 15 is 0 Å². The Bertz CT molecular complexity index is 315. The SMILES string of the molecule is CSCC[C@@](C)(O)CNC(=O)C(=O)NC1CCCC1. The van der Waals surface area contributed by atoms with Crippen molar-refractivity contribution in [3.8, 4) is 0 Å². The van der Waals surface area contributed by atoms with Gasteiger partial charge in [-0.2, -0.15) is 11.8 Å². The molecule has 0 aromatic carbocycles. The number of aliphatic hydroxyl groups is 1. The molecule has 0 aliphatic heterocycles. The second-order valence-corrected chi connectivity index (χ2v) is 6.36. The average Bonchev–Trinajstić information content (AvgIpc) is 2.86. The van der Waals surface area contributed by atoms with E-state index in [1.165, 1.54) is 0 Å². The molecule has 0 saturated heterocycles. The first-order valence-corrected chi connectivity index (χ1v) is 8.14.